The zero-order chi connectivity index (χ0) is 16.4. The highest BCUT2D eigenvalue weighted by atomic mass is 16.2. The summed E-state index contributed by atoms with van der Waals surface area (Å²) < 4.78 is 2.96. The van der Waals surface area contributed by atoms with Gasteiger partial charge >= 0.3 is 5.69 Å². The second kappa shape index (κ2) is 5.81. The third kappa shape index (κ3) is 2.72. The number of nitriles is 1. The van der Waals surface area contributed by atoms with E-state index in [2.05, 4.69) is 5.32 Å². The zero-order valence-electron chi connectivity index (χ0n) is 12.5. The molecule has 0 aliphatic rings. The Kier molecular flexibility index (Phi) is 3.69. The number of amides is 1. The lowest BCUT2D eigenvalue weighted by molar-refractivity contribution is -0.116. The van der Waals surface area contributed by atoms with Crippen molar-refractivity contribution in [3.8, 4) is 6.07 Å². The normalized spacial score (nSPS) is 10.4. The number of nitrogens with zero attached hydrogens (tertiary/aromatic N) is 3. The molecule has 1 aromatic heterocycles. The summed E-state index contributed by atoms with van der Waals surface area (Å²) in [5.41, 5.74) is 2.37. The van der Waals surface area contributed by atoms with E-state index >= 15 is 0 Å². The maximum atomic E-state index is 12.3. The minimum absolute atomic E-state index is 0.0693. The van der Waals surface area contributed by atoms with E-state index in [1.165, 1.54) is 9.13 Å². The number of benzene rings is 2. The van der Waals surface area contributed by atoms with Gasteiger partial charge in [0.2, 0.25) is 5.91 Å². The molecule has 0 aliphatic carbocycles. The summed E-state index contributed by atoms with van der Waals surface area (Å²) in [5, 5.41) is 11.5. The first-order chi connectivity index (χ1) is 11.1. The number of imidazole rings is 1. The highest BCUT2D eigenvalue weighted by Gasteiger charge is 2.13. The van der Waals surface area contributed by atoms with Crippen LogP contribution in [0.15, 0.2) is 53.3 Å². The first-order valence-corrected chi connectivity index (χ1v) is 7.04. The Morgan fingerprint density at radius 2 is 1.78 bits per heavy atom. The number of carbonyl (C=O) groups excluding carboxylic acids is 1. The van der Waals surface area contributed by atoms with Crippen molar-refractivity contribution in [2.45, 2.75) is 6.54 Å². The quantitative estimate of drug-likeness (QED) is 0.802. The molecule has 1 N–H and O–H groups in total. The fourth-order valence-corrected chi connectivity index (χ4v) is 2.49. The highest BCUT2D eigenvalue weighted by molar-refractivity contribution is 5.91. The van der Waals surface area contributed by atoms with E-state index in [1.807, 2.05) is 30.3 Å². The lowest BCUT2D eigenvalue weighted by atomic mass is 10.2. The summed E-state index contributed by atoms with van der Waals surface area (Å²) in [7, 11) is 1.68. The molecule has 23 heavy (non-hydrogen) atoms. The molecule has 6 nitrogen and oxygen atoms in total. The van der Waals surface area contributed by atoms with Crippen LogP contribution in [0.5, 0.6) is 0 Å². The number of hydrogen-bond acceptors (Lipinski definition) is 3. The van der Waals surface area contributed by atoms with E-state index in [0.717, 1.165) is 11.0 Å². The molecular formula is C17H14N4O2. The van der Waals surface area contributed by atoms with Gasteiger partial charge in [-0.25, -0.2) is 4.79 Å². The van der Waals surface area contributed by atoms with E-state index in [0.29, 0.717) is 11.3 Å². The fourth-order valence-electron chi connectivity index (χ4n) is 2.49. The van der Waals surface area contributed by atoms with Crippen molar-refractivity contribution in [2.75, 3.05) is 5.32 Å². The van der Waals surface area contributed by atoms with Crippen molar-refractivity contribution < 1.29 is 4.79 Å². The molecule has 0 radical (unpaired) electrons. The number of carbonyl (C=O) groups is 1. The van der Waals surface area contributed by atoms with E-state index in [-0.39, 0.29) is 18.1 Å². The Morgan fingerprint density at radius 3 is 2.43 bits per heavy atom. The molecule has 1 heterocycles. The van der Waals surface area contributed by atoms with Crippen molar-refractivity contribution in [1.29, 1.82) is 5.26 Å². The average molecular weight is 306 g/mol. The summed E-state index contributed by atoms with van der Waals surface area (Å²) in [6, 6.07) is 15.9. The molecule has 3 aromatic rings. The van der Waals surface area contributed by atoms with Gasteiger partial charge in [-0.1, -0.05) is 12.1 Å². The van der Waals surface area contributed by atoms with Crippen LogP contribution in [-0.4, -0.2) is 15.0 Å². The second-order valence-electron chi connectivity index (χ2n) is 5.15. The van der Waals surface area contributed by atoms with Crippen LogP contribution in [0.1, 0.15) is 5.56 Å². The Morgan fingerprint density at radius 1 is 1.13 bits per heavy atom. The Labute approximate surface area is 132 Å². The van der Waals surface area contributed by atoms with Crippen LogP contribution < -0.4 is 11.0 Å². The van der Waals surface area contributed by atoms with Gasteiger partial charge in [0, 0.05) is 12.7 Å². The van der Waals surface area contributed by atoms with Crippen molar-refractivity contribution >= 4 is 22.6 Å². The molecule has 0 fully saturated rings. The number of anilines is 1. The van der Waals surface area contributed by atoms with Gasteiger partial charge in [-0.05, 0) is 36.4 Å². The van der Waals surface area contributed by atoms with Crippen LogP contribution in [0.4, 0.5) is 5.69 Å². The SMILES string of the molecule is Cn1c(=O)n(CC(=O)Nc2ccc(C#N)cc2)c2ccccc21. The smallest absolute Gasteiger partial charge is 0.325 e. The average Bonchev–Trinajstić information content (AvgIpc) is 2.81. The maximum absolute atomic E-state index is 12.3. The summed E-state index contributed by atoms with van der Waals surface area (Å²) >= 11 is 0. The number of aryl methyl sites for hydroxylation is 1. The molecule has 1 amide bonds. The van der Waals surface area contributed by atoms with E-state index < -0.39 is 0 Å². The topological polar surface area (TPSA) is 79.8 Å². The predicted molar refractivity (Wildman–Crippen MR) is 87.0 cm³/mol. The van der Waals surface area contributed by atoms with E-state index in [9.17, 15) is 9.59 Å². The van der Waals surface area contributed by atoms with Crippen LogP contribution in [-0.2, 0) is 18.4 Å². The second-order valence-corrected chi connectivity index (χ2v) is 5.15. The largest absolute Gasteiger partial charge is 0.329 e. The first kappa shape index (κ1) is 14.6. The summed E-state index contributed by atoms with van der Waals surface area (Å²) in [6.07, 6.45) is 0. The van der Waals surface area contributed by atoms with Crippen molar-refractivity contribution in [3.63, 3.8) is 0 Å². The Balaban J connectivity index is 1.84. The minimum Gasteiger partial charge on any atom is -0.325 e. The van der Waals surface area contributed by atoms with Gasteiger partial charge in [0.1, 0.15) is 6.54 Å². The molecule has 0 bridgehead atoms. The molecule has 0 saturated carbocycles. The summed E-state index contributed by atoms with van der Waals surface area (Å²) in [4.78, 5) is 24.5. The zero-order valence-corrected chi connectivity index (χ0v) is 12.5. The third-order valence-electron chi connectivity index (χ3n) is 3.65. The summed E-state index contributed by atoms with van der Waals surface area (Å²) in [5.74, 6) is -0.298. The number of aromatic nitrogens is 2. The first-order valence-electron chi connectivity index (χ1n) is 7.04. The van der Waals surface area contributed by atoms with Crippen LogP contribution in [0.25, 0.3) is 11.0 Å². The molecule has 0 aliphatic heterocycles. The number of nitrogens with one attached hydrogen (secondary N) is 1. The molecule has 0 unspecified atom stereocenters. The molecular weight excluding hydrogens is 292 g/mol. The Bertz CT molecular complexity index is 974. The van der Waals surface area contributed by atoms with Gasteiger partial charge in [0.15, 0.2) is 0 Å². The van der Waals surface area contributed by atoms with Crippen molar-refractivity contribution in [3.05, 3.63) is 64.6 Å². The molecule has 114 valence electrons. The molecule has 2 aromatic carbocycles. The van der Waals surface area contributed by atoms with Crippen molar-refractivity contribution in [1.82, 2.24) is 9.13 Å². The van der Waals surface area contributed by atoms with Crippen LogP contribution in [0.2, 0.25) is 0 Å². The lowest BCUT2D eigenvalue weighted by Crippen LogP contribution is -2.28. The van der Waals surface area contributed by atoms with Gasteiger partial charge in [-0.2, -0.15) is 5.26 Å². The van der Waals surface area contributed by atoms with Gasteiger partial charge in [0.25, 0.3) is 0 Å². The monoisotopic (exact) mass is 306 g/mol. The number of hydrogen-bond donors (Lipinski definition) is 1. The standard InChI is InChI=1S/C17H14N4O2/c1-20-14-4-2-3-5-15(14)21(17(20)23)11-16(22)19-13-8-6-12(10-18)7-9-13/h2-9H,11H2,1H3,(H,19,22). The molecule has 0 saturated heterocycles. The predicted octanol–water partition coefficient (Wildman–Crippen LogP) is 1.85. The maximum Gasteiger partial charge on any atom is 0.329 e. The summed E-state index contributed by atoms with van der Waals surface area (Å²) in [6.45, 7) is -0.0693. The minimum atomic E-state index is -0.298. The molecule has 0 spiro atoms. The van der Waals surface area contributed by atoms with Crippen LogP contribution in [0, 0.1) is 11.3 Å². The van der Waals surface area contributed by atoms with Crippen molar-refractivity contribution in [2.24, 2.45) is 7.05 Å². The Hall–Kier alpha value is -3.33. The van der Waals surface area contributed by atoms with Gasteiger partial charge in [-0.3, -0.25) is 13.9 Å². The van der Waals surface area contributed by atoms with E-state index in [1.54, 1.807) is 31.3 Å². The third-order valence-corrected chi connectivity index (χ3v) is 3.65. The number of fused-ring (bicyclic) bond motifs is 1. The lowest BCUT2D eigenvalue weighted by Gasteiger charge is -2.06. The number of para-hydroxylation sites is 2. The fraction of sp³-hybridized carbons (Fsp3) is 0.118. The van der Waals surface area contributed by atoms with Gasteiger partial charge in [0.05, 0.1) is 22.7 Å². The number of rotatable bonds is 3. The molecule has 3 rings (SSSR count). The van der Waals surface area contributed by atoms with Gasteiger partial charge in [-0.15, -0.1) is 0 Å². The van der Waals surface area contributed by atoms with Gasteiger partial charge < -0.3 is 5.32 Å². The van der Waals surface area contributed by atoms with Crippen LogP contribution in [0.3, 0.4) is 0 Å². The van der Waals surface area contributed by atoms with E-state index in [4.69, 9.17) is 5.26 Å². The van der Waals surface area contributed by atoms with Crippen LogP contribution >= 0.6 is 0 Å². The molecule has 0 atom stereocenters. The highest BCUT2D eigenvalue weighted by Crippen LogP contribution is 2.12. The molecule has 6 heteroatoms.